The fraction of sp³-hybridized carbons (Fsp3) is 0.500. The molecule has 1 N–H and O–H groups in total. The summed E-state index contributed by atoms with van der Waals surface area (Å²) in [5.41, 5.74) is -1.07. The van der Waals surface area contributed by atoms with Crippen molar-refractivity contribution in [1.29, 1.82) is 5.26 Å². The zero-order chi connectivity index (χ0) is 12.8. The fourth-order valence-corrected chi connectivity index (χ4v) is 3.46. The van der Waals surface area contributed by atoms with Crippen LogP contribution in [0.4, 0.5) is 0 Å². The van der Waals surface area contributed by atoms with Gasteiger partial charge in [0.05, 0.1) is 11.5 Å². The first-order valence-corrected chi connectivity index (χ1v) is 6.29. The van der Waals surface area contributed by atoms with Gasteiger partial charge in [0.1, 0.15) is 0 Å². The van der Waals surface area contributed by atoms with Crippen LogP contribution in [0.1, 0.15) is 32.1 Å². The highest BCUT2D eigenvalue weighted by Crippen LogP contribution is 2.54. The lowest BCUT2D eigenvalue weighted by molar-refractivity contribution is -0.143. The zero-order valence-electron chi connectivity index (χ0n) is 10.0. The summed E-state index contributed by atoms with van der Waals surface area (Å²) in [6.07, 6.45) is 9.24. The molecule has 2 amide bonds. The van der Waals surface area contributed by atoms with Crippen molar-refractivity contribution in [2.24, 2.45) is 10.8 Å². The number of carbonyl (C=O) groups excluding carboxylic acids is 2. The van der Waals surface area contributed by atoms with E-state index in [1.807, 2.05) is 18.2 Å². The molecule has 1 unspecified atom stereocenters. The number of nitrogens with zero attached hydrogens (tertiary/aromatic N) is 1. The molecule has 4 heteroatoms. The lowest BCUT2D eigenvalue weighted by atomic mass is 9.58. The molecule has 2 atom stereocenters. The molecule has 0 radical (unpaired) electrons. The normalized spacial score (nSPS) is 38.1. The van der Waals surface area contributed by atoms with E-state index in [1.165, 1.54) is 0 Å². The second-order valence-electron chi connectivity index (χ2n) is 5.27. The predicted octanol–water partition coefficient (Wildman–Crippen LogP) is 1.60. The highest BCUT2D eigenvalue weighted by atomic mass is 16.2. The molecule has 0 aromatic carbocycles. The monoisotopic (exact) mass is 242 g/mol. The van der Waals surface area contributed by atoms with Gasteiger partial charge in [-0.1, -0.05) is 18.2 Å². The molecule has 0 aromatic rings. The van der Waals surface area contributed by atoms with Gasteiger partial charge in [0.2, 0.25) is 5.91 Å². The van der Waals surface area contributed by atoms with Gasteiger partial charge < -0.3 is 0 Å². The first-order chi connectivity index (χ1) is 8.66. The van der Waals surface area contributed by atoms with Crippen molar-refractivity contribution in [3.8, 4) is 6.07 Å². The Hall–Kier alpha value is -1.89. The van der Waals surface area contributed by atoms with Crippen LogP contribution >= 0.6 is 0 Å². The van der Waals surface area contributed by atoms with Gasteiger partial charge in [-0.3, -0.25) is 14.9 Å². The summed E-state index contributed by atoms with van der Waals surface area (Å²) in [7, 11) is 0. The van der Waals surface area contributed by atoms with Gasteiger partial charge in [-0.2, -0.15) is 5.26 Å². The minimum Gasteiger partial charge on any atom is -0.294 e. The number of piperidine rings is 1. The molecule has 1 heterocycles. The van der Waals surface area contributed by atoms with Crippen LogP contribution in [0.5, 0.6) is 0 Å². The third kappa shape index (κ3) is 1.14. The smallest absolute Gasteiger partial charge is 0.251 e. The summed E-state index contributed by atoms with van der Waals surface area (Å²) < 4.78 is 0. The molecular weight excluding hydrogens is 228 g/mol. The SMILES string of the molecule is N#CC12CC=CC[C@]3(CCCC=C13)C(=O)NC2=O. The van der Waals surface area contributed by atoms with Crippen molar-refractivity contribution in [2.75, 3.05) is 0 Å². The van der Waals surface area contributed by atoms with Gasteiger partial charge in [0, 0.05) is 0 Å². The van der Waals surface area contributed by atoms with E-state index in [-0.39, 0.29) is 5.91 Å². The van der Waals surface area contributed by atoms with Crippen molar-refractivity contribution in [3.63, 3.8) is 0 Å². The van der Waals surface area contributed by atoms with Gasteiger partial charge in [-0.15, -0.1) is 0 Å². The largest absolute Gasteiger partial charge is 0.294 e. The van der Waals surface area contributed by atoms with Crippen LogP contribution in [0.3, 0.4) is 0 Å². The average Bonchev–Trinajstić information content (AvgIpc) is 2.53. The maximum atomic E-state index is 12.3. The van der Waals surface area contributed by atoms with Crippen molar-refractivity contribution in [1.82, 2.24) is 5.32 Å². The van der Waals surface area contributed by atoms with Crippen molar-refractivity contribution < 1.29 is 9.59 Å². The number of hydrogen-bond acceptors (Lipinski definition) is 3. The van der Waals surface area contributed by atoms with Crippen LogP contribution in [0.25, 0.3) is 0 Å². The summed E-state index contributed by atoms with van der Waals surface area (Å²) in [5.74, 6) is -0.679. The standard InChI is InChI=1S/C14H14N2O2/c15-9-14-8-4-3-7-13(11(17)16-12(14)18)6-2-1-5-10(13)14/h3-5H,1-2,6-8H2,(H,16,17,18)/t13-,14?/m0/s1. The van der Waals surface area contributed by atoms with Crippen molar-refractivity contribution in [2.45, 2.75) is 32.1 Å². The molecule has 1 fully saturated rings. The Kier molecular flexibility index (Phi) is 2.21. The first-order valence-electron chi connectivity index (χ1n) is 6.29. The highest BCUT2D eigenvalue weighted by molar-refractivity contribution is 6.09. The number of hydrogen-bond donors (Lipinski definition) is 1. The Balaban J connectivity index is 2.28. The average molecular weight is 242 g/mol. The predicted molar refractivity (Wildman–Crippen MR) is 63.9 cm³/mol. The van der Waals surface area contributed by atoms with Gasteiger partial charge in [-0.05, 0) is 37.7 Å². The topological polar surface area (TPSA) is 70.0 Å². The van der Waals surface area contributed by atoms with E-state index in [1.54, 1.807) is 0 Å². The second kappa shape index (κ2) is 3.55. The molecule has 92 valence electrons. The van der Waals surface area contributed by atoms with E-state index in [0.717, 1.165) is 24.8 Å². The van der Waals surface area contributed by atoms with E-state index in [0.29, 0.717) is 12.8 Å². The Morgan fingerprint density at radius 1 is 1.22 bits per heavy atom. The lowest BCUT2D eigenvalue weighted by Crippen LogP contribution is -2.59. The number of carbonyl (C=O) groups is 2. The molecule has 0 spiro atoms. The Morgan fingerprint density at radius 3 is 2.78 bits per heavy atom. The molecule has 0 saturated carbocycles. The third-order valence-electron chi connectivity index (χ3n) is 4.43. The Labute approximate surface area is 105 Å². The summed E-state index contributed by atoms with van der Waals surface area (Å²) in [6.45, 7) is 0. The first kappa shape index (κ1) is 11.2. The van der Waals surface area contributed by atoms with Crippen LogP contribution in [0, 0.1) is 22.2 Å². The maximum absolute atomic E-state index is 12.3. The minimum atomic E-state index is -1.17. The number of allylic oxidation sites excluding steroid dienone is 3. The zero-order valence-corrected chi connectivity index (χ0v) is 10.0. The second-order valence-corrected chi connectivity index (χ2v) is 5.27. The molecule has 4 nitrogen and oxygen atoms in total. The highest BCUT2D eigenvalue weighted by Gasteiger charge is 2.59. The Morgan fingerprint density at radius 2 is 2.00 bits per heavy atom. The van der Waals surface area contributed by atoms with Crippen LogP contribution in [0.2, 0.25) is 0 Å². The number of imide groups is 1. The Bertz CT molecular complexity index is 540. The van der Waals surface area contributed by atoms with Crippen LogP contribution in [0.15, 0.2) is 23.8 Å². The van der Waals surface area contributed by atoms with E-state index < -0.39 is 16.7 Å². The number of nitriles is 1. The maximum Gasteiger partial charge on any atom is 0.251 e. The molecule has 0 aromatic heterocycles. The molecule has 2 aliphatic carbocycles. The van der Waals surface area contributed by atoms with Crippen LogP contribution in [-0.4, -0.2) is 11.8 Å². The molecule has 1 aliphatic heterocycles. The molecule has 1 saturated heterocycles. The van der Waals surface area contributed by atoms with E-state index >= 15 is 0 Å². The van der Waals surface area contributed by atoms with Crippen molar-refractivity contribution >= 4 is 11.8 Å². The van der Waals surface area contributed by atoms with Gasteiger partial charge >= 0.3 is 0 Å². The van der Waals surface area contributed by atoms with E-state index in [9.17, 15) is 14.9 Å². The molecule has 3 aliphatic rings. The summed E-state index contributed by atoms with van der Waals surface area (Å²) in [6, 6.07) is 2.17. The number of rotatable bonds is 0. The third-order valence-corrected chi connectivity index (χ3v) is 4.43. The van der Waals surface area contributed by atoms with E-state index in [2.05, 4.69) is 11.4 Å². The van der Waals surface area contributed by atoms with Gasteiger partial charge in [0.15, 0.2) is 5.41 Å². The van der Waals surface area contributed by atoms with Crippen LogP contribution in [-0.2, 0) is 9.59 Å². The molecule has 3 rings (SSSR count). The molecular formula is C14H14N2O2. The number of amides is 2. The van der Waals surface area contributed by atoms with Gasteiger partial charge in [0.25, 0.3) is 5.91 Å². The summed E-state index contributed by atoms with van der Waals surface area (Å²) in [4.78, 5) is 24.4. The molecule has 18 heavy (non-hydrogen) atoms. The van der Waals surface area contributed by atoms with E-state index in [4.69, 9.17) is 0 Å². The van der Waals surface area contributed by atoms with Crippen LogP contribution < -0.4 is 5.32 Å². The summed E-state index contributed by atoms with van der Waals surface area (Å²) in [5, 5.41) is 11.9. The van der Waals surface area contributed by atoms with Crippen molar-refractivity contribution in [3.05, 3.63) is 23.8 Å². The lowest BCUT2D eigenvalue weighted by Gasteiger charge is -2.45. The summed E-state index contributed by atoms with van der Waals surface area (Å²) >= 11 is 0. The number of nitrogens with one attached hydrogen (secondary N) is 1. The minimum absolute atomic E-state index is 0.226. The quantitative estimate of drug-likeness (QED) is 0.518. The molecule has 2 bridgehead atoms. The fourth-order valence-electron chi connectivity index (χ4n) is 3.46. The van der Waals surface area contributed by atoms with Gasteiger partial charge in [-0.25, -0.2) is 0 Å².